The molecule has 0 aliphatic rings. The first-order valence-corrected chi connectivity index (χ1v) is 11.6. The lowest BCUT2D eigenvalue weighted by Gasteiger charge is -2.31. The number of amides is 2. The number of methoxy groups -OCH3 is 1. The second kappa shape index (κ2) is 13.5. The van der Waals surface area contributed by atoms with E-state index in [1.165, 1.54) is 17.0 Å². The summed E-state index contributed by atoms with van der Waals surface area (Å²) in [5.41, 5.74) is 1.57. The van der Waals surface area contributed by atoms with Crippen LogP contribution in [-0.4, -0.2) is 49.6 Å². The number of benzene rings is 3. The van der Waals surface area contributed by atoms with Crippen molar-refractivity contribution in [3.63, 3.8) is 0 Å². The van der Waals surface area contributed by atoms with Crippen LogP contribution in [0.25, 0.3) is 0 Å². The molecule has 1 N–H and O–H groups in total. The fourth-order valence-electron chi connectivity index (χ4n) is 3.52. The van der Waals surface area contributed by atoms with Crippen molar-refractivity contribution in [1.29, 1.82) is 0 Å². The van der Waals surface area contributed by atoms with E-state index in [0.29, 0.717) is 35.9 Å². The molecule has 0 aliphatic heterocycles. The fourth-order valence-corrected chi connectivity index (χ4v) is 3.71. The Kier molecular flexibility index (Phi) is 10.1. The molecule has 0 fully saturated rings. The van der Waals surface area contributed by atoms with Gasteiger partial charge in [0, 0.05) is 26.6 Å². The zero-order valence-electron chi connectivity index (χ0n) is 19.5. The summed E-state index contributed by atoms with van der Waals surface area (Å²) in [4.78, 5) is 28.2. The second-order valence-electron chi connectivity index (χ2n) is 7.86. The Morgan fingerprint density at radius 2 is 1.66 bits per heavy atom. The van der Waals surface area contributed by atoms with Gasteiger partial charge in [-0.25, -0.2) is 4.39 Å². The lowest BCUT2D eigenvalue weighted by atomic mass is 10.0. The van der Waals surface area contributed by atoms with Crippen molar-refractivity contribution in [2.45, 2.75) is 19.0 Å². The molecule has 0 bridgehead atoms. The van der Waals surface area contributed by atoms with Crippen LogP contribution in [-0.2, 0) is 27.3 Å². The van der Waals surface area contributed by atoms with Crippen LogP contribution in [0.1, 0.15) is 11.1 Å². The summed E-state index contributed by atoms with van der Waals surface area (Å²) in [5.74, 6) is -0.739. The van der Waals surface area contributed by atoms with E-state index in [2.05, 4.69) is 5.32 Å². The van der Waals surface area contributed by atoms with E-state index in [1.807, 2.05) is 30.3 Å². The molecule has 1 atom stereocenters. The number of para-hydroxylation sites is 1. The molecule has 0 saturated heterocycles. The van der Waals surface area contributed by atoms with Gasteiger partial charge in [-0.15, -0.1) is 0 Å². The summed E-state index contributed by atoms with van der Waals surface area (Å²) < 4.78 is 24.2. The molecule has 0 saturated carbocycles. The number of nitrogens with zero attached hydrogens (tertiary/aromatic N) is 1. The van der Waals surface area contributed by atoms with Gasteiger partial charge in [0.2, 0.25) is 5.91 Å². The van der Waals surface area contributed by atoms with Gasteiger partial charge >= 0.3 is 0 Å². The quantitative estimate of drug-likeness (QED) is 0.379. The van der Waals surface area contributed by atoms with E-state index in [4.69, 9.17) is 21.1 Å². The molecule has 3 aromatic carbocycles. The molecular formula is C27H28ClFN2O4. The van der Waals surface area contributed by atoms with Crippen molar-refractivity contribution in [1.82, 2.24) is 10.2 Å². The van der Waals surface area contributed by atoms with Crippen LogP contribution < -0.4 is 10.1 Å². The van der Waals surface area contributed by atoms with E-state index < -0.39 is 11.9 Å². The minimum absolute atomic E-state index is 0.0974. The first-order valence-electron chi connectivity index (χ1n) is 11.2. The number of carbonyl (C=O) groups excluding carboxylic acids is 2. The van der Waals surface area contributed by atoms with E-state index >= 15 is 0 Å². The average Bonchev–Trinajstić information content (AvgIpc) is 2.87. The maximum atomic E-state index is 13.5. The molecule has 6 nitrogen and oxygen atoms in total. The van der Waals surface area contributed by atoms with Crippen molar-refractivity contribution >= 4 is 23.4 Å². The van der Waals surface area contributed by atoms with Crippen LogP contribution in [0.5, 0.6) is 5.75 Å². The van der Waals surface area contributed by atoms with Gasteiger partial charge in [0.1, 0.15) is 17.6 Å². The molecule has 3 aromatic rings. The molecule has 0 aromatic heterocycles. The molecular weight excluding hydrogens is 471 g/mol. The van der Waals surface area contributed by atoms with Gasteiger partial charge in [-0.3, -0.25) is 9.59 Å². The Labute approximate surface area is 209 Å². The molecule has 0 heterocycles. The number of carbonyl (C=O) groups is 2. The van der Waals surface area contributed by atoms with Crippen molar-refractivity contribution in [3.8, 4) is 5.75 Å². The number of ether oxygens (including phenoxy) is 2. The Bertz CT molecular complexity index is 1100. The number of nitrogens with one attached hydrogen (secondary N) is 1. The zero-order valence-corrected chi connectivity index (χ0v) is 20.2. The van der Waals surface area contributed by atoms with Gasteiger partial charge < -0.3 is 19.7 Å². The topological polar surface area (TPSA) is 67.9 Å². The number of halogens is 2. The highest BCUT2D eigenvalue weighted by atomic mass is 35.5. The monoisotopic (exact) mass is 498 g/mol. The molecule has 8 heteroatoms. The van der Waals surface area contributed by atoms with Crippen molar-refractivity contribution in [2.75, 3.05) is 26.9 Å². The fraction of sp³-hybridized carbons (Fsp3) is 0.259. The molecule has 184 valence electrons. The summed E-state index contributed by atoms with van der Waals surface area (Å²) >= 11 is 6.16. The van der Waals surface area contributed by atoms with Crippen molar-refractivity contribution in [2.24, 2.45) is 0 Å². The van der Waals surface area contributed by atoms with Crippen LogP contribution >= 0.6 is 11.6 Å². The average molecular weight is 499 g/mol. The van der Waals surface area contributed by atoms with E-state index in [9.17, 15) is 14.0 Å². The van der Waals surface area contributed by atoms with E-state index in [0.717, 1.165) is 5.56 Å². The highest BCUT2D eigenvalue weighted by Crippen LogP contribution is 2.23. The Hall–Kier alpha value is -3.42. The van der Waals surface area contributed by atoms with E-state index in [-0.39, 0.29) is 24.9 Å². The van der Waals surface area contributed by atoms with Gasteiger partial charge in [0.25, 0.3) is 5.91 Å². The van der Waals surface area contributed by atoms with E-state index in [1.54, 1.807) is 43.5 Å². The maximum absolute atomic E-state index is 13.5. The molecule has 0 spiro atoms. The molecule has 35 heavy (non-hydrogen) atoms. The molecule has 0 radical (unpaired) electrons. The van der Waals surface area contributed by atoms with Crippen LogP contribution in [0.15, 0.2) is 78.9 Å². The van der Waals surface area contributed by atoms with Crippen LogP contribution in [0.4, 0.5) is 4.39 Å². The minimum Gasteiger partial charge on any atom is -0.482 e. The number of rotatable bonds is 12. The summed E-state index contributed by atoms with van der Waals surface area (Å²) in [6.07, 6.45) is 0.290. The smallest absolute Gasteiger partial charge is 0.261 e. The maximum Gasteiger partial charge on any atom is 0.261 e. The van der Waals surface area contributed by atoms with Crippen LogP contribution in [0.3, 0.4) is 0 Å². The molecule has 2 amide bonds. The first kappa shape index (κ1) is 26.2. The third kappa shape index (κ3) is 8.09. The van der Waals surface area contributed by atoms with Crippen LogP contribution in [0, 0.1) is 5.82 Å². The van der Waals surface area contributed by atoms with Gasteiger partial charge in [0.15, 0.2) is 6.61 Å². The van der Waals surface area contributed by atoms with Gasteiger partial charge in [-0.2, -0.15) is 0 Å². The molecule has 3 rings (SSSR count). The van der Waals surface area contributed by atoms with Crippen LogP contribution in [0.2, 0.25) is 5.02 Å². The molecule has 0 aliphatic carbocycles. The van der Waals surface area contributed by atoms with Gasteiger partial charge in [-0.1, -0.05) is 66.2 Å². The zero-order chi connectivity index (χ0) is 25.0. The summed E-state index contributed by atoms with van der Waals surface area (Å²) in [7, 11) is 1.55. The Morgan fingerprint density at radius 1 is 0.971 bits per heavy atom. The molecule has 1 unspecified atom stereocenters. The first-order chi connectivity index (χ1) is 17.0. The lowest BCUT2D eigenvalue weighted by molar-refractivity contribution is -0.142. The van der Waals surface area contributed by atoms with Gasteiger partial charge in [0.05, 0.1) is 11.6 Å². The Balaban J connectivity index is 1.88. The SMILES string of the molecule is COCCNC(=O)C(Cc1ccccc1)N(Cc1ccc(F)cc1)C(=O)COc1ccccc1Cl. The number of hydrogen-bond donors (Lipinski definition) is 1. The highest BCUT2D eigenvalue weighted by molar-refractivity contribution is 6.32. The third-order valence-electron chi connectivity index (χ3n) is 5.33. The number of hydrogen-bond acceptors (Lipinski definition) is 4. The Morgan fingerprint density at radius 3 is 2.34 bits per heavy atom. The van der Waals surface area contributed by atoms with Gasteiger partial charge in [-0.05, 0) is 35.4 Å². The minimum atomic E-state index is -0.832. The second-order valence-corrected chi connectivity index (χ2v) is 8.26. The largest absolute Gasteiger partial charge is 0.482 e. The standard InChI is InChI=1S/C27H28ClFN2O4/c1-34-16-15-30-27(33)24(17-20-7-3-2-4-8-20)31(18-21-11-13-22(29)14-12-21)26(32)19-35-25-10-6-5-9-23(25)28/h2-14,24H,15-19H2,1H3,(H,30,33). The van der Waals surface area contributed by atoms with Crippen molar-refractivity contribution < 1.29 is 23.5 Å². The lowest BCUT2D eigenvalue weighted by Crippen LogP contribution is -2.52. The summed E-state index contributed by atoms with van der Waals surface area (Å²) in [6.45, 7) is 0.419. The van der Waals surface area contributed by atoms with Crippen molar-refractivity contribution in [3.05, 3.63) is 101 Å². The third-order valence-corrected chi connectivity index (χ3v) is 5.64. The highest BCUT2D eigenvalue weighted by Gasteiger charge is 2.30. The predicted molar refractivity (Wildman–Crippen MR) is 133 cm³/mol. The normalized spacial score (nSPS) is 11.5. The summed E-state index contributed by atoms with van der Waals surface area (Å²) in [5, 5.41) is 3.22. The predicted octanol–water partition coefficient (Wildman–Crippen LogP) is 4.26. The summed E-state index contributed by atoms with van der Waals surface area (Å²) in [6, 6.07) is 21.3.